The summed E-state index contributed by atoms with van der Waals surface area (Å²) in [4.78, 5) is 13.0. The Morgan fingerprint density at radius 2 is 2.14 bits per heavy atom. The summed E-state index contributed by atoms with van der Waals surface area (Å²) in [5.41, 5.74) is 3.48. The van der Waals surface area contributed by atoms with Gasteiger partial charge >= 0.3 is 0 Å². The van der Waals surface area contributed by atoms with Crippen molar-refractivity contribution in [2.75, 3.05) is 19.6 Å². The molecule has 1 aromatic carbocycles. The number of hydrogen-bond donors (Lipinski definition) is 2. The van der Waals surface area contributed by atoms with Gasteiger partial charge in [0.15, 0.2) is 0 Å². The molecule has 0 saturated heterocycles. The van der Waals surface area contributed by atoms with Crippen LogP contribution in [-0.2, 0) is 10.2 Å². The van der Waals surface area contributed by atoms with Crippen molar-refractivity contribution in [3.8, 4) is 0 Å². The minimum absolute atomic E-state index is 0.218. The Hall–Kier alpha value is -1.61. The molecule has 1 amide bonds. The highest BCUT2D eigenvalue weighted by atomic mass is 16.2. The van der Waals surface area contributed by atoms with Gasteiger partial charge in [0.25, 0.3) is 0 Å². The lowest BCUT2D eigenvalue weighted by molar-refractivity contribution is -0.126. The molecule has 1 heterocycles. The van der Waals surface area contributed by atoms with Crippen molar-refractivity contribution in [1.82, 2.24) is 10.6 Å². The number of nitrogens with one attached hydrogen (secondary N) is 2. The van der Waals surface area contributed by atoms with Gasteiger partial charge in [-0.2, -0.15) is 0 Å². The molecule has 118 valence electrons. The molecule has 1 fully saturated rings. The van der Waals surface area contributed by atoms with Crippen LogP contribution in [0.15, 0.2) is 35.9 Å². The van der Waals surface area contributed by atoms with Crippen molar-refractivity contribution < 1.29 is 4.79 Å². The Morgan fingerprint density at radius 1 is 1.32 bits per heavy atom. The van der Waals surface area contributed by atoms with Crippen LogP contribution in [0.25, 0.3) is 0 Å². The van der Waals surface area contributed by atoms with Crippen LogP contribution in [0.1, 0.15) is 43.2 Å². The van der Waals surface area contributed by atoms with Gasteiger partial charge in [0, 0.05) is 13.1 Å². The highest BCUT2D eigenvalue weighted by molar-refractivity contribution is 5.88. The number of hydrogen-bond acceptors (Lipinski definition) is 2. The maximum atomic E-state index is 13.0. The summed E-state index contributed by atoms with van der Waals surface area (Å²) in [5, 5.41) is 6.53. The molecule has 1 aliphatic carbocycles. The SMILES string of the molecule is Cc1cccc(C2(C(=O)NCC3=CCNCC3)CCCC2)c1. The fraction of sp³-hybridized carbons (Fsp3) is 0.526. The predicted octanol–water partition coefficient (Wildman–Crippen LogP) is 2.84. The van der Waals surface area contributed by atoms with E-state index < -0.39 is 0 Å². The quantitative estimate of drug-likeness (QED) is 0.839. The maximum absolute atomic E-state index is 13.0. The summed E-state index contributed by atoms with van der Waals surface area (Å²) < 4.78 is 0. The molecule has 0 spiro atoms. The molecule has 0 bridgehead atoms. The first-order chi connectivity index (χ1) is 10.7. The monoisotopic (exact) mass is 298 g/mol. The van der Waals surface area contributed by atoms with Crippen molar-refractivity contribution in [3.63, 3.8) is 0 Å². The van der Waals surface area contributed by atoms with Crippen LogP contribution in [0.2, 0.25) is 0 Å². The predicted molar refractivity (Wildman–Crippen MR) is 89.9 cm³/mol. The molecule has 2 N–H and O–H groups in total. The summed E-state index contributed by atoms with van der Waals surface area (Å²) in [5.74, 6) is 0.218. The van der Waals surface area contributed by atoms with Gasteiger partial charge in [-0.15, -0.1) is 0 Å². The molecule has 0 aromatic heterocycles. The summed E-state index contributed by atoms with van der Waals surface area (Å²) in [6.45, 7) is 4.75. The normalized spacial score (nSPS) is 20.5. The third kappa shape index (κ3) is 3.09. The highest BCUT2D eigenvalue weighted by Gasteiger charge is 2.42. The molecule has 3 heteroatoms. The number of benzene rings is 1. The van der Waals surface area contributed by atoms with Gasteiger partial charge in [0.1, 0.15) is 0 Å². The molecule has 1 saturated carbocycles. The molecular weight excluding hydrogens is 272 g/mol. The van der Waals surface area contributed by atoms with E-state index in [1.807, 2.05) is 0 Å². The zero-order valence-corrected chi connectivity index (χ0v) is 13.5. The Bertz CT molecular complexity index is 571. The van der Waals surface area contributed by atoms with E-state index in [2.05, 4.69) is 47.9 Å². The second-order valence-electron chi connectivity index (χ2n) is 6.66. The van der Waals surface area contributed by atoms with Crippen LogP contribution >= 0.6 is 0 Å². The van der Waals surface area contributed by atoms with E-state index in [4.69, 9.17) is 0 Å². The smallest absolute Gasteiger partial charge is 0.230 e. The molecule has 2 aliphatic rings. The number of amides is 1. The average Bonchev–Trinajstić information content (AvgIpc) is 3.05. The Kier molecular flexibility index (Phi) is 4.63. The Morgan fingerprint density at radius 3 is 2.82 bits per heavy atom. The summed E-state index contributed by atoms with van der Waals surface area (Å²) in [6.07, 6.45) is 7.49. The van der Waals surface area contributed by atoms with E-state index >= 15 is 0 Å². The van der Waals surface area contributed by atoms with E-state index in [0.717, 1.165) is 45.2 Å². The van der Waals surface area contributed by atoms with Gasteiger partial charge in [-0.1, -0.05) is 54.3 Å². The van der Waals surface area contributed by atoms with Crippen molar-refractivity contribution in [1.29, 1.82) is 0 Å². The van der Waals surface area contributed by atoms with Gasteiger partial charge in [0.2, 0.25) is 5.91 Å². The molecule has 22 heavy (non-hydrogen) atoms. The largest absolute Gasteiger partial charge is 0.352 e. The fourth-order valence-corrected chi connectivity index (χ4v) is 3.76. The topological polar surface area (TPSA) is 41.1 Å². The summed E-state index contributed by atoms with van der Waals surface area (Å²) in [6, 6.07) is 8.49. The second kappa shape index (κ2) is 6.66. The zero-order valence-electron chi connectivity index (χ0n) is 13.5. The lowest BCUT2D eigenvalue weighted by Crippen LogP contribution is -2.43. The molecule has 0 unspecified atom stereocenters. The molecular formula is C19H26N2O. The van der Waals surface area contributed by atoms with E-state index in [-0.39, 0.29) is 11.3 Å². The van der Waals surface area contributed by atoms with Crippen LogP contribution in [0.5, 0.6) is 0 Å². The molecule has 1 aromatic rings. The Labute approximate surface area is 133 Å². The van der Waals surface area contributed by atoms with E-state index in [9.17, 15) is 4.79 Å². The van der Waals surface area contributed by atoms with Crippen LogP contribution < -0.4 is 10.6 Å². The lowest BCUT2D eigenvalue weighted by atomic mass is 9.77. The van der Waals surface area contributed by atoms with Crippen LogP contribution in [0.3, 0.4) is 0 Å². The van der Waals surface area contributed by atoms with Gasteiger partial charge in [-0.3, -0.25) is 4.79 Å². The minimum Gasteiger partial charge on any atom is -0.352 e. The first-order valence-corrected chi connectivity index (χ1v) is 8.45. The third-order valence-corrected chi connectivity index (χ3v) is 5.10. The zero-order chi connectivity index (χ0) is 15.4. The maximum Gasteiger partial charge on any atom is 0.230 e. The highest BCUT2D eigenvalue weighted by Crippen LogP contribution is 2.41. The molecule has 3 rings (SSSR count). The number of rotatable bonds is 4. The van der Waals surface area contributed by atoms with Crippen molar-refractivity contribution >= 4 is 5.91 Å². The van der Waals surface area contributed by atoms with Gasteiger partial charge in [-0.25, -0.2) is 0 Å². The molecule has 3 nitrogen and oxygen atoms in total. The molecule has 0 atom stereocenters. The van der Waals surface area contributed by atoms with Crippen molar-refractivity contribution in [2.24, 2.45) is 0 Å². The van der Waals surface area contributed by atoms with E-state index in [1.165, 1.54) is 16.7 Å². The van der Waals surface area contributed by atoms with Crippen LogP contribution in [0.4, 0.5) is 0 Å². The van der Waals surface area contributed by atoms with E-state index in [1.54, 1.807) is 0 Å². The lowest BCUT2D eigenvalue weighted by Gasteiger charge is -2.29. The first-order valence-electron chi connectivity index (χ1n) is 8.45. The summed E-state index contributed by atoms with van der Waals surface area (Å²) >= 11 is 0. The number of aryl methyl sites for hydroxylation is 1. The van der Waals surface area contributed by atoms with E-state index in [0.29, 0.717) is 6.54 Å². The summed E-state index contributed by atoms with van der Waals surface area (Å²) in [7, 11) is 0. The number of carbonyl (C=O) groups is 1. The van der Waals surface area contributed by atoms with Gasteiger partial charge in [-0.05, 0) is 38.3 Å². The Balaban J connectivity index is 1.75. The molecule has 0 radical (unpaired) electrons. The number of carbonyl (C=O) groups excluding carboxylic acids is 1. The minimum atomic E-state index is -0.306. The standard InChI is InChI=1S/C19H26N2O/c1-15-5-4-6-17(13-15)19(9-2-3-10-19)18(22)21-14-16-7-11-20-12-8-16/h4-7,13,20H,2-3,8-12,14H2,1H3,(H,21,22). The van der Waals surface area contributed by atoms with Gasteiger partial charge < -0.3 is 10.6 Å². The van der Waals surface area contributed by atoms with Gasteiger partial charge in [0.05, 0.1) is 5.41 Å². The third-order valence-electron chi connectivity index (χ3n) is 5.10. The average molecular weight is 298 g/mol. The van der Waals surface area contributed by atoms with Crippen LogP contribution in [0, 0.1) is 6.92 Å². The first kappa shape index (κ1) is 15.3. The van der Waals surface area contributed by atoms with Crippen molar-refractivity contribution in [2.45, 2.75) is 44.4 Å². The van der Waals surface area contributed by atoms with Crippen molar-refractivity contribution in [3.05, 3.63) is 47.0 Å². The van der Waals surface area contributed by atoms with Crippen LogP contribution in [-0.4, -0.2) is 25.5 Å². The fourth-order valence-electron chi connectivity index (χ4n) is 3.76. The molecule has 1 aliphatic heterocycles. The second-order valence-corrected chi connectivity index (χ2v) is 6.66.